The molecule has 1 aromatic carbocycles. The highest BCUT2D eigenvalue weighted by molar-refractivity contribution is 8.14. The molecule has 2 rings (SSSR count). The Kier molecular flexibility index (Phi) is 7.62. The van der Waals surface area contributed by atoms with Crippen molar-refractivity contribution in [3.63, 3.8) is 0 Å². The predicted molar refractivity (Wildman–Crippen MR) is 104 cm³/mol. The molecule has 27 heavy (non-hydrogen) atoms. The first-order valence-electron chi connectivity index (χ1n) is 8.72. The molecule has 1 aromatic rings. The summed E-state index contributed by atoms with van der Waals surface area (Å²) in [5.74, 6) is -1.96. The zero-order valence-corrected chi connectivity index (χ0v) is 16.4. The molecule has 0 saturated carbocycles. The number of thioether (sulfide) groups is 1. The minimum absolute atomic E-state index is 0.0639. The highest BCUT2D eigenvalue weighted by Gasteiger charge is 2.39. The second-order valence-electron chi connectivity index (χ2n) is 5.76. The molecule has 0 aliphatic carbocycles. The van der Waals surface area contributed by atoms with Gasteiger partial charge in [-0.05, 0) is 26.3 Å². The van der Waals surface area contributed by atoms with E-state index in [1.807, 2.05) is 30.3 Å². The maximum atomic E-state index is 12.6. The Bertz CT molecular complexity index is 796. The number of ether oxygens (including phenoxy) is 2. The zero-order chi connectivity index (χ0) is 19.8. The van der Waals surface area contributed by atoms with Crippen LogP contribution in [0.1, 0.15) is 32.3 Å². The summed E-state index contributed by atoms with van der Waals surface area (Å²) < 4.78 is 10.2. The van der Waals surface area contributed by atoms with Gasteiger partial charge in [0.05, 0.1) is 35.7 Å². The summed E-state index contributed by atoms with van der Waals surface area (Å²) in [4.78, 5) is 28.7. The standard InChI is InChI=1S/C20H22N2O4S/c1-4-25-16(23)12-27-19-15(11-21)18(14-9-7-6-8-10-14)17(13(3)22-19)20(24)26-5-2/h6-10,15,18H,4-5,12H2,1-3H3/t15?,18-/m0/s1. The van der Waals surface area contributed by atoms with Crippen molar-refractivity contribution in [1.82, 2.24) is 0 Å². The molecule has 7 heteroatoms. The average Bonchev–Trinajstić information content (AvgIpc) is 2.66. The van der Waals surface area contributed by atoms with Crippen molar-refractivity contribution in [3.8, 4) is 6.07 Å². The average molecular weight is 386 g/mol. The van der Waals surface area contributed by atoms with Crippen molar-refractivity contribution in [2.24, 2.45) is 10.9 Å². The predicted octanol–water partition coefficient (Wildman–Crippen LogP) is 3.46. The van der Waals surface area contributed by atoms with E-state index in [0.29, 0.717) is 22.9 Å². The van der Waals surface area contributed by atoms with Gasteiger partial charge in [0.2, 0.25) is 0 Å². The van der Waals surface area contributed by atoms with Crippen LogP contribution < -0.4 is 0 Å². The summed E-state index contributed by atoms with van der Waals surface area (Å²) in [7, 11) is 0. The van der Waals surface area contributed by atoms with Crippen molar-refractivity contribution in [2.45, 2.75) is 26.7 Å². The number of esters is 2. The number of hydrogen-bond donors (Lipinski definition) is 0. The Morgan fingerprint density at radius 2 is 1.85 bits per heavy atom. The molecule has 1 aliphatic heterocycles. The fourth-order valence-electron chi connectivity index (χ4n) is 2.92. The maximum absolute atomic E-state index is 12.6. The number of nitrogens with zero attached hydrogens (tertiary/aromatic N) is 2. The lowest BCUT2D eigenvalue weighted by molar-refractivity contribution is -0.140. The molecule has 1 aliphatic rings. The van der Waals surface area contributed by atoms with Crippen LogP contribution in [0.2, 0.25) is 0 Å². The number of allylic oxidation sites excluding steroid dienone is 1. The first-order valence-corrected chi connectivity index (χ1v) is 9.71. The molecule has 0 fully saturated rings. The van der Waals surface area contributed by atoms with Crippen LogP contribution in [0.4, 0.5) is 0 Å². The monoisotopic (exact) mass is 386 g/mol. The van der Waals surface area contributed by atoms with Gasteiger partial charge in [-0.1, -0.05) is 42.1 Å². The Morgan fingerprint density at radius 1 is 1.19 bits per heavy atom. The summed E-state index contributed by atoms with van der Waals surface area (Å²) in [6.07, 6.45) is 0. The van der Waals surface area contributed by atoms with Crippen LogP contribution in [-0.4, -0.2) is 35.9 Å². The van der Waals surface area contributed by atoms with Crippen molar-refractivity contribution in [3.05, 3.63) is 47.2 Å². The van der Waals surface area contributed by atoms with Crippen LogP contribution in [0.15, 0.2) is 46.6 Å². The first-order chi connectivity index (χ1) is 13.0. The molecular weight excluding hydrogens is 364 g/mol. The fourth-order valence-corrected chi connectivity index (χ4v) is 3.84. The van der Waals surface area contributed by atoms with E-state index in [0.717, 1.165) is 5.56 Å². The summed E-state index contributed by atoms with van der Waals surface area (Å²) in [5.41, 5.74) is 1.71. The van der Waals surface area contributed by atoms with Gasteiger partial charge in [0, 0.05) is 11.6 Å². The Hall–Kier alpha value is -2.59. The lowest BCUT2D eigenvalue weighted by Gasteiger charge is -2.29. The lowest BCUT2D eigenvalue weighted by Crippen LogP contribution is -2.30. The second-order valence-corrected chi connectivity index (χ2v) is 6.75. The summed E-state index contributed by atoms with van der Waals surface area (Å²) in [6.45, 7) is 5.73. The van der Waals surface area contributed by atoms with E-state index in [1.165, 1.54) is 11.8 Å². The summed E-state index contributed by atoms with van der Waals surface area (Å²) in [5, 5.41) is 10.3. The maximum Gasteiger partial charge on any atom is 0.336 e. The first kappa shape index (κ1) is 20.7. The SMILES string of the molecule is CCOC(=O)CSC1=NC(C)=C(C(=O)OCC)[C@@H](c2ccccc2)C1C#N. The van der Waals surface area contributed by atoms with Gasteiger partial charge in [0.25, 0.3) is 0 Å². The molecule has 142 valence electrons. The minimum atomic E-state index is -0.685. The van der Waals surface area contributed by atoms with Crippen molar-refractivity contribution in [2.75, 3.05) is 19.0 Å². The van der Waals surface area contributed by atoms with E-state index >= 15 is 0 Å². The number of carbonyl (C=O) groups is 2. The smallest absolute Gasteiger partial charge is 0.336 e. The number of nitriles is 1. The second kappa shape index (κ2) is 9.93. The van der Waals surface area contributed by atoms with E-state index in [9.17, 15) is 14.9 Å². The van der Waals surface area contributed by atoms with E-state index in [4.69, 9.17) is 9.47 Å². The highest BCUT2D eigenvalue weighted by atomic mass is 32.2. The van der Waals surface area contributed by atoms with Gasteiger partial charge < -0.3 is 9.47 Å². The Labute approximate surface area is 163 Å². The molecule has 1 unspecified atom stereocenters. The molecule has 0 saturated heterocycles. The van der Waals surface area contributed by atoms with E-state index in [1.54, 1.807) is 20.8 Å². The molecule has 0 bridgehead atoms. The van der Waals surface area contributed by atoms with Crippen LogP contribution in [0.5, 0.6) is 0 Å². The fraction of sp³-hybridized carbons (Fsp3) is 0.400. The van der Waals surface area contributed by atoms with Crippen molar-refractivity contribution in [1.29, 1.82) is 5.26 Å². The van der Waals surface area contributed by atoms with Crippen LogP contribution in [0, 0.1) is 17.2 Å². The van der Waals surface area contributed by atoms with Crippen LogP contribution >= 0.6 is 11.8 Å². The molecule has 0 radical (unpaired) electrons. The third kappa shape index (κ3) is 4.98. The zero-order valence-electron chi connectivity index (χ0n) is 15.6. The number of carbonyl (C=O) groups excluding carboxylic acids is 2. The van der Waals surface area contributed by atoms with Gasteiger partial charge >= 0.3 is 11.9 Å². The third-order valence-electron chi connectivity index (χ3n) is 4.01. The quantitative estimate of drug-likeness (QED) is 0.696. The molecule has 2 atom stereocenters. The van der Waals surface area contributed by atoms with Crippen molar-refractivity contribution < 1.29 is 19.1 Å². The summed E-state index contributed by atoms with van der Waals surface area (Å²) in [6, 6.07) is 11.6. The van der Waals surface area contributed by atoms with E-state index in [-0.39, 0.29) is 18.3 Å². The topological polar surface area (TPSA) is 88.8 Å². The molecule has 6 nitrogen and oxygen atoms in total. The van der Waals surface area contributed by atoms with E-state index in [2.05, 4.69) is 11.1 Å². The van der Waals surface area contributed by atoms with Crippen LogP contribution in [0.3, 0.4) is 0 Å². The van der Waals surface area contributed by atoms with Gasteiger partial charge in [-0.2, -0.15) is 5.26 Å². The number of hydrogen-bond acceptors (Lipinski definition) is 7. The normalized spacial score (nSPS) is 19.1. The van der Waals surface area contributed by atoms with E-state index < -0.39 is 17.8 Å². The number of benzene rings is 1. The van der Waals surface area contributed by atoms with Crippen LogP contribution in [0.25, 0.3) is 0 Å². The largest absolute Gasteiger partial charge is 0.465 e. The molecular formula is C20H22N2O4S. The van der Waals surface area contributed by atoms with Gasteiger partial charge in [-0.25, -0.2) is 9.79 Å². The Morgan fingerprint density at radius 3 is 2.44 bits per heavy atom. The summed E-state index contributed by atoms with van der Waals surface area (Å²) >= 11 is 1.17. The van der Waals surface area contributed by atoms with Gasteiger partial charge in [-0.3, -0.25) is 4.79 Å². The molecule has 0 amide bonds. The molecule has 0 spiro atoms. The minimum Gasteiger partial charge on any atom is -0.465 e. The highest BCUT2D eigenvalue weighted by Crippen LogP contribution is 2.41. The molecule has 0 aromatic heterocycles. The van der Waals surface area contributed by atoms with Crippen LogP contribution in [-0.2, 0) is 19.1 Å². The van der Waals surface area contributed by atoms with Gasteiger partial charge in [-0.15, -0.1) is 0 Å². The van der Waals surface area contributed by atoms with Crippen molar-refractivity contribution >= 4 is 28.7 Å². The lowest BCUT2D eigenvalue weighted by atomic mass is 9.79. The number of rotatable bonds is 6. The van der Waals surface area contributed by atoms with Gasteiger partial charge in [0.15, 0.2) is 0 Å². The molecule has 0 N–H and O–H groups in total. The molecule has 1 heterocycles. The van der Waals surface area contributed by atoms with Gasteiger partial charge in [0.1, 0.15) is 5.92 Å². The number of aliphatic imine (C=N–C) groups is 1. The Balaban J connectivity index is 2.45. The third-order valence-corrected chi connectivity index (χ3v) is 5.04.